The van der Waals surface area contributed by atoms with Gasteiger partial charge in [-0.25, -0.2) is 0 Å². The average molecular weight is 478 g/mol. The number of hydrogen-bond donors (Lipinski definition) is 5. The molecule has 1 atom stereocenters. The monoisotopic (exact) mass is 478 g/mol. The van der Waals surface area contributed by atoms with Crippen LogP contribution in [0.3, 0.4) is 0 Å². The number of hydrogen-bond acceptors (Lipinski definition) is 11. The molecule has 1 aromatic heterocycles. The molecule has 3 aromatic carbocycles. The number of phenolic OH excluding ortho intramolecular Hbond substituents is 3. The second kappa shape index (κ2) is 7.94. The number of anilines is 1. The van der Waals surface area contributed by atoms with Crippen molar-refractivity contribution < 1.29 is 39.6 Å². The van der Waals surface area contributed by atoms with Gasteiger partial charge in [-0.3, -0.25) is 14.8 Å². The summed E-state index contributed by atoms with van der Waals surface area (Å²) < 4.78 is 11.2. The minimum atomic E-state index is -0.986. The van der Waals surface area contributed by atoms with Crippen LogP contribution < -0.4 is 15.4 Å². The topological polar surface area (TPSA) is 184 Å². The van der Waals surface area contributed by atoms with Gasteiger partial charge < -0.3 is 40.0 Å². The number of ether oxygens (including phenoxy) is 1. The van der Waals surface area contributed by atoms with Gasteiger partial charge in [0, 0.05) is 23.1 Å². The lowest BCUT2D eigenvalue weighted by Gasteiger charge is -2.28. The predicted octanol–water partition coefficient (Wildman–Crippen LogP) is 3.42. The minimum absolute atomic E-state index is 0.0440. The lowest BCUT2D eigenvalue weighted by molar-refractivity contribution is -0.135. The van der Waals surface area contributed by atoms with Crippen molar-refractivity contribution in [1.29, 1.82) is 0 Å². The number of benzene rings is 3. The van der Waals surface area contributed by atoms with Gasteiger partial charge in [-0.2, -0.15) is 0 Å². The predicted molar refractivity (Wildman–Crippen MR) is 121 cm³/mol. The second-order valence-electron chi connectivity index (χ2n) is 7.92. The first-order valence-electron chi connectivity index (χ1n) is 10.2. The number of nitrogens with zero attached hydrogens (tertiary/aromatic N) is 1. The second-order valence-corrected chi connectivity index (χ2v) is 7.92. The van der Waals surface area contributed by atoms with Crippen LogP contribution in [0.5, 0.6) is 28.7 Å². The van der Waals surface area contributed by atoms with Crippen LogP contribution in [0.15, 0.2) is 57.7 Å². The molecule has 178 valence electrons. The van der Waals surface area contributed by atoms with Gasteiger partial charge in [-0.1, -0.05) is 12.1 Å². The maximum absolute atomic E-state index is 13.1. The Morgan fingerprint density at radius 2 is 1.71 bits per heavy atom. The van der Waals surface area contributed by atoms with Gasteiger partial charge in [-0.05, 0) is 35.9 Å². The normalized spacial score (nSPS) is 15.0. The van der Waals surface area contributed by atoms with Crippen molar-refractivity contribution >= 4 is 22.6 Å². The molecular formula is C24H16NO10-. The fourth-order valence-corrected chi connectivity index (χ4v) is 4.19. The van der Waals surface area contributed by atoms with Crippen molar-refractivity contribution in [3.8, 4) is 40.1 Å². The number of carbonyl (C=O) groups is 1. The number of fused-ring (bicyclic) bond motifs is 3. The van der Waals surface area contributed by atoms with Crippen LogP contribution in [0.4, 0.5) is 5.69 Å². The van der Waals surface area contributed by atoms with Gasteiger partial charge in [0.2, 0.25) is 11.2 Å². The van der Waals surface area contributed by atoms with Crippen molar-refractivity contribution in [2.24, 2.45) is 0 Å². The van der Waals surface area contributed by atoms with Gasteiger partial charge in [0.15, 0.2) is 17.3 Å². The van der Waals surface area contributed by atoms with Crippen molar-refractivity contribution in [2.75, 3.05) is 5.23 Å². The Balaban J connectivity index is 1.84. The summed E-state index contributed by atoms with van der Waals surface area (Å²) in [5.41, 5.74) is -0.656. The summed E-state index contributed by atoms with van der Waals surface area (Å²) in [6.45, 7) is 0. The Kier molecular flexibility index (Phi) is 5.01. The summed E-state index contributed by atoms with van der Waals surface area (Å²) >= 11 is 0. The Hall–Kier alpha value is -4.74. The number of rotatable bonds is 3. The van der Waals surface area contributed by atoms with E-state index in [-0.39, 0.29) is 50.9 Å². The Bertz CT molecular complexity index is 1570. The Morgan fingerprint density at radius 1 is 0.943 bits per heavy atom. The van der Waals surface area contributed by atoms with E-state index in [1.54, 1.807) is 6.07 Å². The molecule has 5 rings (SSSR count). The summed E-state index contributed by atoms with van der Waals surface area (Å²) in [5.74, 6) is -4.36. The van der Waals surface area contributed by atoms with E-state index in [9.17, 15) is 40.4 Å². The molecule has 5 N–H and O–H groups in total. The molecule has 0 spiro atoms. The quantitative estimate of drug-likeness (QED) is 0.126. The van der Waals surface area contributed by atoms with E-state index in [0.717, 1.165) is 18.2 Å². The molecular weight excluding hydrogens is 462 g/mol. The third kappa shape index (κ3) is 3.55. The zero-order chi connectivity index (χ0) is 25.0. The molecule has 1 unspecified atom stereocenters. The van der Waals surface area contributed by atoms with Gasteiger partial charge in [0.1, 0.15) is 22.5 Å². The fourth-order valence-electron chi connectivity index (χ4n) is 4.19. The molecule has 1 aliphatic heterocycles. The zero-order valence-electron chi connectivity index (χ0n) is 17.6. The van der Waals surface area contributed by atoms with E-state index in [4.69, 9.17) is 9.15 Å². The van der Waals surface area contributed by atoms with E-state index in [1.165, 1.54) is 24.3 Å². The van der Waals surface area contributed by atoms with Crippen LogP contribution in [0.1, 0.15) is 23.5 Å². The van der Waals surface area contributed by atoms with E-state index in [0.29, 0.717) is 5.56 Å². The lowest BCUT2D eigenvalue weighted by Crippen LogP contribution is -2.22. The van der Waals surface area contributed by atoms with E-state index < -0.39 is 40.3 Å². The number of carbonyl (C=O) groups excluding carboxylic acids is 1. The summed E-state index contributed by atoms with van der Waals surface area (Å²) in [6, 6.07) is 10.3. The molecule has 0 amide bonds. The van der Waals surface area contributed by atoms with Crippen LogP contribution in [-0.4, -0.2) is 31.6 Å². The zero-order valence-corrected chi connectivity index (χ0v) is 17.6. The first-order valence-corrected chi connectivity index (χ1v) is 10.2. The maximum Gasteiger partial charge on any atom is 0.312 e. The van der Waals surface area contributed by atoms with Crippen molar-refractivity contribution in [2.45, 2.75) is 12.3 Å². The molecule has 0 bridgehead atoms. The van der Waals surface area contributed by atoms with Crippen LogP contribution >= 0.6 is 0 Å². The fraction of sp³-hybridized carbons (Fsp3) is 0.0833. The standard InChI is InChI=1S/C24H16NO10/c26-14-5-4-11(7-15(14)27)23-22(31)21(30)20-16(28)9-17-19(24(20)35-23)13(8-18(29)34-17)10-2-1-3-12(6-10)25(32)33/h1-7,9,13,26-28,31-32H,8H2/q-1. The summed E-state index contributed by atoms with van der Waals surface area (Å²) in [6.07, 6.45) is -0.222. The number of phenols is 3. The summed E-state index contributed by atoms with van der Waals surface area (Å²) in [7, 11) is 0. The van der Waals surface area contributed by atoms with Gasteiger partial charge >= 0.3 is 5.97 Å². The molecule has 11 nitrogen and oxygen atoms in total. The van der Waals surface area contributed by atoms with Crippen molar-refractivity contribution in [3.63, 3.8) is 0 Å². The highest BCUT2D eigenvalue weighted by Gasteiger charge is 2.34. The third-order valence-electron chi connectivity index (χ3n) is 5.80. The largest absolute Gasteiger partial charge is 0.733 e. The molecule has 35 heavy (non-hydrogen) atoms. The molecule has 0 radical (unpaired) electrons. The number of esters is 1. The first-order chi connectivity index (χ1) is 16.7. The van der Waals surface area contributed by atoms with Crippen LogP contribution in [-0.2, 0) is 4.79 Å². The van der Waals surface area contributed by atoms with Crippen LogP contribution in [0.25, 0.3) is 22.3 Å². The SMILES string of the molecule is O=C1CC(c2cccc(N([O-])O)c2)c2c(cc(O)c3c(=O)c(O)c(-c4ccc(O)c(O)c4)oc23)O1. The lowest BCUT2D eigenvalue weighted by atomic mass is 9.85. The van der Waals surface area contributed by atoms with Crippen LogP contribution in [0, 0.1) is 5.21 Å². The van der Waals surface area contributed by atoms with E-state index in [2.05, 4.69) is 0 Å². The summed E-state index contributed by atoms with van der Waals surface area (Å²) in [4.78, 5) is 25.4. The van der Waals surface area contributed by atoms with Crippen molar-refractivity contribution in [3.05, 3.63) is 75.1 Å². The Labute approximate surface area is 195 Å². The summed E-state index contributed by atoms with van der Waals surface area (Å²) in [5, 5.41) is 60.5. The van der Waals surface area contributed by atoms with E-state index >= 15 is 0 Å². The van der Waals surface area contributed by atoms with Gasteiger partial charge in [0.05, 0.1) is 12.1 Å². The molecule has 0 aliphatic carbocycles. The molecule has 2 heterocycles. The molecule has 11 heteroatoms. The first kappa shape index (κ1) is 22.1. The highest BCUT2D eigenvalue weighted by molar-refractivity contribution is 5.94. The molecule has 1 aliphatic rings. The maximum atomic E-state index is 13.1. The third-order valence-corrected chi connectivity index (χ3v) is 5.80. The van der Waals surface area contributed by atoms with E-state index in [1.807, 2.05) is 0 Å². The van der Waals surface area contributed by atoms with Crippen LogP contribution in [0.2, 0.25) is 0 Å². The number of aromatic hydroxyl groups is 4. The average Bonchev–Trinajstić information content (AvgIpc) is 2.82. The highest BCUT2D eigenvalue weighted by Crippen LogP contribution is 2.47. The van der Waals surface area contributed by atoms with Gasteiger partial charge in [0.25, 0.3) is 0 Å². The highest BCUT2D eigenvalue weighted by atomic mass is 16.8. The molecule has 0 saturated heterocycles. The van der Waals surface area contributed by atoms with Gasteiger partial charge in [-0.15, -0.1) is 0 Å². The minimum Gasteiger partial charge on any atom is -0.733 e. The Morgan fingerprint density at radius 3 is 2.43 bits per heavy atom. The van der Waals surface area contributed by atoms with Crippen molar-refractivity contribution in [1.82, 2.24) is 0 Å². The molecule has 0 saturated carbocycles. The smallest absolute Gasteiger partial charge is 0.312 e. The molecule has 4 aromatic rings. The molecule has 0 fully saturated rings.